The van der Waals surface area contributed by atoms with Crippen LogP contribution in [0.15, 0.2) is 24.3 Å². The average Bonchev–Trinajstić information content (AvgIpc) is 2.58. The summed E-state index contributed by atoms with van der Waals surface area (Å²) in [6.07, 6.45) is -9.71. The molecule has 2 aliphatic rings. The topological polar surface area (TPSA) is 140 Å². The van der Waals surface area contributed by atoms with Gasteiger partial charge in [-0.3, -0.25) is 0 Å². The van der Waals surface area contributed by atoms with Gasteiger partial charge in [-0.25, -0.2) is 0 Å². The Balaban J connectivity index is 1.83. The lowest BCUT2D eigenvalue weighted by molar-refractivity contribution is -0.319. The molecule has 0 radical (unpaired) electrons. The fraction of sp³-hybridized carbons (Fsp3) is 0.625. The standard InChI is InChI=1S/C16H22O8/c17-6-11-12(20)13(21)14(22)16(23-11)24-15-8-4-2-1-3-7(8)9(18)5-10(15)19/h1-4,9-22H,5-6H2/t9?,10?,11-,12-,13+,14-,15?,16+/m0/s1. The van der Waals surface area contributed by atoms with E-state index in [-0.39, 0.29) is 6.42 Å². The lowest BCUT2D eigenvalue weighted by atomic mass is 9.85. The number of rotatable bonds is 3. The maximum absolute atomic E-state index is 10.3. The molecule has 0 saturated carbocycles. The van der Waals surface area contributed by atoms with E-state index < -0.39 is 55.6 Å². The van der Waals surface area contributed by atoms with E-state index in [1.54, 1.807) is 24.3 Å². The summed E-state index contributed by atoms with van der Waals surface area (Å²) in [7, 11) is 0. The number of aliphatic hydroxyl groups is 6. The van der Waals surface area contributed by atoms with Crippen molar-refractivity contribution in [1.29, 1.82) is 0 Å². The van der Waals surface area contributed by atoms with Crippen molar-refractivity contribution in [2.75, 3.05) is 6.61 Å². The van der Waals surface area contributed by atoms with Gasteiger partial charge in [-0.15, -0.1) is 0 Å². The van der Waals surface area contributed by atoms with Gasteiger partial charge in [-0.2, -0.15) is 0 Å². The third-order valence-corrected chi connectivity index (χ3v) is 4.60. The van der Waals surface area contributed by atoms with Gasteiger partial charge in [0, 0.05) is 6.42 Å². The minimum absolute atomic E-state index is 0.0547. The molecule has 1 aliphatic heterocycles. The van der Waals surface area contributed by atoms with E-state index in [0.29, 0.717) is 11.1 Å². The Morgan fingerprint density at radius 1 is 0.958 bits per heavy atom. The number of ether oxygens (including phenoxy) is 2. The zero-order valence-corrected chi connectivity index (χ0v) is 12.8. The molecule has 1 heterocycles. The van der Waals surface area contributed by atoms with E-state index >= 15 is 0 Å². The normalized spacial score (nSPS) is 42.6. The highest BCUT2D eigenvalue weighted by Crippen LogP contribution is 2.40. The molecule has 1 aromatic rings. The average molecular weight is 342 g/mol. The first-order valence-electron chi connectivity index (χ1n) is 7.85. The highest BCUT2D eigenvalue weighted by molar-refractivity contribution is 5.34. The van der Waals surface area contributed by atoms with Crippen LogP contribution in [0, 0.1) is 0 Å². The number of hydrogen-bond acceptors (Lipinski definition) is 8. The van der Waals surface area contributed by atoms with Crippen molar-refractivity contribution in [3.05, 3.63) is 35.4 Å². The highest BCUT2D eigenvalue weighted by atomic mass is 16.7. The first kappa shape index (κ1) is 17.7. The van der Waals surface area contributed by atoms with Crippen molar-refractivity contribution in [3.63, 3.8) is 0 Å². The van der Waals surface area contributed by atoms with Crippen molar-refractivity contribution in [1.82, 2.24) is 0 Å². The van der Waals surface area contributed by atoms with Gasteiger partial charge in [-0.05, 0) is 11.1 Å². The molecule has 0 spiro atoms. The Morgan fingerprint density at radius 2 is 1.62 bits per heavy atom. The zero-order valence-electron chi connectivity index (χ0n) is 12.8. The van der Waals surface area contributed by atoms with E-state index in [0.717, 1.165) is 0 Å². The summed E-state index contributed by atoms with van der Waals surface area (Å²) in [5.41, 5.74) is 1.16. The largest absolute Gasteiger partial charge is 0.394 e. The second kappa shape index (κ2) is 7.03. The molecule has 3 rings (SSSR count). The third-order valence-electron chi connectivity index (χ3n) is 4.60. The summed E-state index contributed by atoms with van der Waals surface area (Å²) in [5.74, 6) is 0. The van der Waals surface area contributed by atoms with E-state index in [4.69, 9.17) is 9.47 Å². The van der Waals surface area contributed by atoms with Crippen LogP contribution >= 0.6 is 0 Å². The van der Waals surface area contributed by atoms with Crippen LogP contribution in [0.2, 0.25) is 0 Å². The maximum atomic E-state index is 10.3. The first-order valence-corrected chi connectivity index (χ1v) is 7.85. The van der Waals surface area contributed by atoms with Crippen molar-refractivity contribution in [2.45, 2.75) is 55.4 Å². The number of aliphatic hydroxyl groups excluding tert-OH is 6. The molecule has 1 fully saturated rings. The summed E-state index contributed by atoms with van der Waals surface area (Å²) in [5, 5.41) is 59.2. The van der Waals surface area contributed by atoms with Gasteiger partial charge in [0.05, 0.1) is 18.8 Å². The summed E-state index contributed by atoms with van der Waals surface area (Å²) in [4.78, 5) is 0. The van der Waals surface area contributed by atoms with Gasteiger partial charge in [-0.1, -0.05) is 24.3 Å². The van der Waals surface area contributed by atoms with Gasteiger partial charge in [0.1, 0.15) is 30.5 Å². The Hall–Kier alpha value is -1.10. The molecule has 134 valence electrons. The molecule has 1 aromatic carbocycles. The fourth-order valence-electron chi connectivity index (χ4n) is 3.25. The van der Waals surface area contributed by atoms with E-state index in [9.17, 15) is 30.6 Å². The molecule has 0 aromatic heterocycles. The van der Waals surface area contributed by atoms with Gasteiger partial charge in [0.25, 0.3) is 0 Å². The molecular weight excluding hydrogens is 320 g/mol. The van der Waals surface area contributed by atoms with Crippen LogP contribution in [0.5, 0.6) is 0 Å². The van der Waals surface area contributed by atoms with Gasteiger partial charge >= 0.3 is 0 Å². The highest BCUT2D eigenvalue weighted by Gasteiger charge is 2.46. The lowest BCUT2D eigenvalue weighted by Gasteiger charge is -2.42. The lowest BCUT2D eigenvalue weighted by Crippen LogP contribution is -2.59. The van der Waals surface area contributed by atoms with Gasteiger partial charge < -0.3 is 40.1 Å². The first-order chi connectivity index (χ1) is 11.4. The SMILES string of the molecule is OC[C@@H]1O[C@H](OC2c3ccccc3C(O)CC2O)[C@@H](O)[C@H](O)[C@H]1O. The van der Waals surface area contributed by atoms with Crippen LogP contribution in [-0.2, 0) is 9.47 Å². The Morgan fingerprint density at radius 3 is 2.29 bits per heavy atom. The second-order valence-electron chi connectivity index (χ2n) is 6.20. The molecule has 8 nitrogen and oxygen atoms in total. The fourth-order valence-corrected chi connectivity index (χ4v) is 3.25. The van der Waals surface area contributed by atoms with E-state index in [1.807, 2.05) is 0 Å². The molecular formula is C16H22O8. The number of benzene rings is 1. The second-order valence-corrected chi connectivity index (χ2v) is 6.20. The molecule has 3 unspecified atom stereocenters. The summed E-state index contributed by atoms with van der Waals surface area (Å²) < 4.78 is 11.0. The Kier molecular flexibility index (Phi) is 5.19. The predicted octanol–water partition coefficient (Wildman–Crippen LogP) is -1.66. The van der Waals surface area contributed by atoms with Crippen LogP contribution in [0.3, 0.4) is 0 Å². The monoisotopic (exact) mass is 342 g/mol. The van der Waals surface area contributed by atoms with Crippen molar-refractivity contribution >= 4 is 0 Å². The van der Waals surface area contributed by atoms with Crippen LogP contribution in [0.4, 0.5) is 0 Å². The van der Waals surface area contributed by atoms with Crippen LogP contribution in [0.1, 0.15) is 29.8 Å². The molecule has 8 heteroatoms. The van der Waals surface area contributed by atoms with Crippen LogP contribution < -0.4 is 0 Å². The molecule has 6 N–H and O–H groups in total. The minimum atomic E-state index is -1.55. The summed E-state index contributed by atoms with van der Waals surface area (Å²) >= 11 is 0. The van der Waals surface area contributed by atoms with Crippen molar-refractivity contribution < 1.29 is 40.1 Å². The minimum Gasteiger partial charge on any atom is -0.394 e. The quantitative estimate of drug-likeness (QED) is 0.384. The van der Waals surface area contributed by atoms with Crippen LogP contribution in [-0.4, -0.2) is 74.1 Å². The Bertz CT molecular complexity index is 565. The summed E-state index contributed by atoms with van der Waals surface area (Å²) in [6, 6.07) is 6.89. The van der Waals surface area contributed by atoms with Crippen LogP contribution in [0.25, 0.3) is 0 Å². The number of fused-ring (bicyclic) bond motifs is 1. The third kappa shape index (κ3) is 3.07. The molecule has 8 atom stereocenters. The molecule has 0 bridgehead atoms. The maximum Gasteiger partial charge on any atom is 0.187 e. The molecule has 0 amide bonds. The smallest absolute Gasteiger partial charge is 0.187 e. The molecule has 1 saturated heterocycles. The molecule has 24 heavy (non-hydrogen) atoms. The van der Waals surface area contributed by atoms with E-state index in [1.165, 1.54) is 0 Å². The predicted molar refractivity (Wildman–Crippen MR) is 79.6 cm³/mol. The van der Waals surface area contributed by atoms with Gasteiger partial charge in [0.2, 0.25) is 0 Å². The van der Waals surface area contributed by atoms with Crippen molar-refractivity contribution in [2.24, 2.45) is 0 Å². The Labute approximate surface area is 138 Å². The van der Waals surface area contributed by atoms with Gasteiger partial charge in [0.15, 0.2) is 6.29 Å². The van der Waals surface area contributed by atoms with E-state index in [2.05, 4.69) is 0 Å². The molecule has 1 aliphatic carbocycles. The summed E-state index contributed by atoms with van der Waals surface area (Å²) in [6.45, 7) is -0.562. The number of hydrogen-bond donors (Lipinski definition) is 6. The van der Waals surface area contributed by atoms with Crippen molar-refractivity contribution in [3.8, 4) is 0 Å². The zero-order chi connectivity index (χ0) is 17.4.